The zero-order valence-corrected chi connectivity index (χ0v) is 11.0. The first kappa shape index (κ1) is 13.8. The minimum atomic E-state index is -0.668. The minimum Gasteiger partial charge on any atom is -0.460 e. The molecule has 0 bridgehead atoms. The van der Waals surface area contributed by atoms with E-state index in [1.807, 2.05) is 13.8 Å². The number of hydrogen-bond donors (Lipinski definition) is 0. The summed E-state index contributed by atoms with van der Waals surface area (Å²) in [5.74, 6) is -0.312. The van der Waals surface area contributed by atoms with Crippen LogP contribution in [0.3, 0.4) is 0 Å². The molecule has 0 unspecified atom stereocenters. The molecule has 0 radical (unpaired) electrons. The van der Waals surface area contributed by atoms with Crippen molar-refractivity contribution >= 4 is 17.4 Å². The third-order valence-electron chi connectivity index (χ3n) is 2.50. The third-order valence-corrected chi connectivity index (χ3v) is 2.50. The number of nitro groups is 1. The molecule has 0 saturated heterocycles. The van der Waals surface area contributed by atoms with E-state index in [4.69, 9.17) is 4.74 Å². The van der Waals surface area contributed by atoms with Crippen LogP contribution < -0.4 is 0 Å². The van der Waals surface area contributed by atoms with Crippen LogP contribution in [0.4, 0.5) is 5.69 Å². The molecule has 20 heavy (non-hydrogen) atoms. The van der Waals surface area contributed by atoms with Crippen LogP contribution in [0.25, 0.3) is 5.78 Å². The zero-order chi connectivity index (χ0) is 14.7. The van der Waals surface area contributed by atoms with Gasteiger partial charge in [0.05, 0.1) is 11.5 Å². The molecule has 0 N–H and O–H groups in total. The molecule has 0 saturated carbocycles. The second-order valence-electron chi connectivity index (χ2n) is 4.57. The van der Waals surface area contributed by atoms with Crippen molar-refractivity contribution in [3.63, 3.8) is 0 Å². The van der Waals surface area contributed by atoms with Crippen molar-refractivity contribution < 1.29 is 14.5 Å². The molecule has 0 amide bonds. The highest BCUT2D eigenvalue weighted by Crippen LogP contribution is 2.09. The Balaban J connectivity index is 2.14. The monoisotopic (exact) mass is 279 g/mol. The number of ether oxygens (including phenoxy) is 1. The van der Waals surface area contributed by atoms with Crippen LogP contribution in [0, 0.1) is 16.0 Å². The van der Waals surface area contributed by atoms with E-state index in [0.717, 1.165) is 23.3 Å². The van der Waals surface area contributed by atoms with Gasteiger partial charge in [-0.3, -0.25) is 10.1 Å². The molecule has 2 aromatic rings. The summed E-state index contributed by atoms with van der Waals surface area (Å²) in [6.45, 7) is 4.31. The van der Waals surface area contributed by atoms with Gasteiger partial charge in [0.1, 0.15) is 12.4 Å². The van der Waals surface area contributed by atoms with E-state index in [2.05, 4.69) is 15.1 Å². The minimum absolute atomic E-state index is 0.103. The van der Waals surface area contributed by atoms with Crippen LogP contribution in [0.2, 0.25) is 0 Å². The normalized spacial score (nSPS) is 10.9. The fraction of sp³-hybridized carbons (Fsp3) is 0.455. The Labute approximate surface area is 113 Å². The first-order valence-corrected chi connectivity index (χ1v) is 6.01. The summed E-state index contributed by atoms with van der Waals surface area (Å²) in [6.07, 6.45) is 2.93. The van der Waals surface area contributed by atoms with Crippen LogP contribution in [0.1, 0.15) is 30.9 Å². The van der Waals surface area contributed by atoms with Gasteiger partial charge >= 0.3 is 11.7 Å². The SMILES string of the molecule is CC(C)CCOC(=O)c1nc2ncc([N+](=O)[O-])cn2n1. The Kier molecular flexibility index (Phi) is 3.87. The van der Waals surface area contributed by atoms with E-state index in [1.54, 1.807) is 0 Å². The van der Waals surface area contributed by atoms with Gasteiger partial charge in [0.2, 0.25) is 0 Å². The van der Waals surface area contributed by atoms with Crippen molar-refractivity contribution in [3.8, 4) is 0 Å². The van der Waals surface area contributed by atoms with E-state index >= 15 is 0 Å². The van der Waals surface area contributed by atoms with Gasteiger partial charge in [-0.15, -0.1) is 5.10 Å². The highest BCUT2D eigenvalue weighted by atomic mass is 16.6. The van der Waals surface area contributed by atoms with E-state index < -0.39 is 10.9 Å². The Morgan fingerprint density at radius 3 is 2.95 bits per heavy atom. The molecule has 2 aromatic heterocycles. The van der Waals surface area contributed by atoms with Gasteiger partial charge < -0.3 is 4.74 Å². The predicted molar refractivity (Wildman–Crippen MR) is 67.2 cm³/mol. The van der Waals surface area contributed by atoms with Crippen molar-refractivity contribution in [1.82, 2.24) is 19.6 Å². The summed E-state index contributed by atoms with van der Waals surface area (Å²) in [6, 6.07) is 0. The molecule has 0 atom stereocenters. The number of esters is 1. The van der Waals surface area contributed by atoms with Crippen LogP contribution >= 0.6 is 0 Å². The maximum atomic E-state index is 11.7. The molecule has 106 valence electrons. The van der Waals surface area contributed by atoms with Gasteiger partial charge in [0.25, 0.3) is 11.6 Å². The number of carbonyl (C=O) groups excluding carboxylic acids is 1. The molecule has 9 nitrogen and oxygen atoms in total. The topological polar surface area (TPSA) is 113 Å². The number of carbonyl (C=O) groups is 1. The van der Waals surface area contributed by atoms with Crippen molar-refractivity contribution in [3.05, 3.63) is 28.3 Å². The zero-order valence-electron chi connectivity index (χ0n) is 11.0. The van der Waals surface area contributed by atoms with Crippen molar-refractivity contribution in [2.24, 2.45) is 5.92 Å². The second kappa shape index (κ2) is 5.59. The van der Waals surface area contributed by atoms with Crippen LogP contribution in [0.15, 0.2) is 12.4 Å². The average Bonchev–Trinajstić information content (AvgIpc) is 2.80. The molecule has 0 aromatic carbocycles. The highest BCUT2D eigenvalue weighted by Gasteiger charge is 2.17. The van der Waals surface area contributed by atoms with E-state index in [0.29, 0.717) is 5.92 Å². The lowest BCUT2D eigenvalue weighted by Crippen LogP contribution is -2.10. The number of aromatic nitrogens is 4. The third kappa shape index (κ3) is 3.05. The molecule has 2 rings (SSSR count). The lowest BCUT2D eigenvalue weighted by atomic mass is 10.1. The summed E-state index contributed by atoms with van der Waals surface area (Å²) < 4.78 is 6.09. The van der Waals surface area contributed by atoms with Gasteiger partial charge in [-0.05, 0) is 12.3 Å². The number of hydrogen-bond acceptors (Lipinski definition) is 7. The largest absolute Gasteiger partial charge is 0.460 e. The molecule has 0 spiro atoms. The van der Waals surface area contributed by atoms with Crippen LogP contribution in [-0.4, -0.2) is 37.1 Å². The maximum Gasteiger partial charge on any atom is 0.378 e. The second-order valence-corrected chi connectivity index (χ2v) is 4.57. The average molecular weight is 279 g/mol. The molecule has 9 heteroatoms. The lowest BCUT2D eigenvalue weighted by Gasteiger charge is -2.04. The number of fused-ring (bicyclic) bond motifs is 1. The fourth-order valence-electron chi connectivity index (χ4n) is 1.40. The van der Waals surface area contributed by atoms with Gasteiger partial charge in [-0.1, -0.05) is 13.8 Å². The number of rotatable bonds is 5. The summed E-state index contributed by atoms with van der Waals surface area (Å²) in [5.41, 5.74) is -0.234. The summed E-state index contributed by atoms with van der Waals surface area (Å²) in [7, 11) is 0. The fourth-order valence-corrected chi connectivity index (χ4v) is 1.40. The molecule has 0 aliphatic rings. The van der Waals surface area contributed by atoms with E-state index in [9.17, 15) is 14.9 Å². The van der Waals surface area contributed by atoms with E-state index in [-0.39, 0.29) is 23.9 Å². The summed E-state index contributed by atoms with van der Waals surface area (Å²) in [4.78, 5) is 29.3. The Morgan fingerprint density at radius 2 is 2.30 bits per heavy atom. The molecule has 0 fully saturated rings. The van der Waals surface area contributed by atoms with Crippen molar-refractivity contribution in [1.29, 1.82) is 0 Å². The van der Waals surface area contributed by atoms with Crippen molar-refractivity contribution in [2.75, 3.05) is 6.61 Å². The van der Waals surface area contributed by atoms with Crippen molar-refractivity contribution in [2.45, 2.75) is 20.3 Å². The Bertz CT molecular complexity index is 651. The van der Waals surface area contributed by atoms with Gasteiger partial charge in [0.15, 0.2) is 0 Å². The molecule has 0 aliphatic heterocycles. The number of nitrogens with zero attached hydrogens (tertiary/aromatic N) is 5. The molecular formula is C11H13N5O4. The molecular weight excluding hydrogens is 266 g/mol. The highest BCUT2D eigenvalue weighted by molar-refractivity contribution is 5.85. The maximum absolute atomic E-state index is 11.7. The first-order valence-electron chi connectivity index (χ1n) is 6.01. The Morgan fingerprint density at radius 1 is 1.55 bits per heavy atom. The summed E-state index contributed by atoms with van der Waals surface area (Å²) >= 11 is 0. The Hall–Kier alpha value is -2.58. The summed E-state index contributed by atoms with van der Waals surface area (Å²) in [5, 5.41) is 14.4. The lowest BCUT2D eigenvalue weighted by molar-refractivity contribution is -0.385. The van der Waals surface area contributed by atoms with Crippen LogP contribution in [0.5, 0.6) is 0 Å². The van der Waals surface area contributed by atoms with Gasteiger partial charge in [0, 0.05) is 0 Å². The quantitative estimate of drug-likeness (QED) is 0.459. The molecule has 2 heterocycles. The smallest absolute Gasteiger partial charge is 0.378 e. The molecule has 0 aliphatic carbocycles. The standard InChI is InChI=1S/C11H13N5O4/c1-7(2)3-4-20-10(17)9-13-11-12-5-8(16(18)19)6-15(11)14-9/h5-7H,3-4H2,1-2H3. The van der Waals surface area contributed by atoms with Crippen LogP contribution in [-0.2, 0) is 4.74 Å². The predicted octanol–water partition coefficient (Wildman–Crippen LogP) is 1.24. The first-order chi connectivity index (χ1) is 9.47. The van der Waals surface area contributed by atoms with E-state index in [1.165, 1.54) is 0 Å². The van der Waals surface area contributed by atoms with Gasteiger partial charge in [-0.25, -0.2) is 9.78 Å². The van der Waals surface area contributed by atoms with Gasteiger partial charge in [-0.2, -0.15) is 9.50 Å².